The molecule has 2 aromatic rings. The fraction of sp³-hybridized carbons (Fsp3) is 0.429. The van der Waals surface area contributed by atoms with Gasteiger partial charge in [-0.1, -0.05) is 12.1 Å². The first-order valence-corrected chi connectivity index (χ1v) is 9.36. The topological polar surface area (TPSA) is 53.8 Å². The fourth-order valence-electron chi connectivity index (χ4n) is 4.31. The van der Waals surface area contributed by atoms with E-state index in [2.05, 4.69) is 0 Å². The largest absolute Gasteiger partial charge is 0.469 e. The van der Waals surface area contributed by atoms with Crippen LogP contribution in [-0.4, -0.2) is 41.2 Å². The van der Waals surface area contributed by atoms with Crippen molar-refractivity contribution in [2.75, 3.05) is 19.6 Å². The Morgan fingerprint density at radius 3 is 2.67 bits per heavy atom. The highest BCUT2D eigenvalue weighted by Gasteiger charge is 2.49. The van der Waals surface area contributed by atoms with Gasteiger partial charge in [0.25, 0.3) is 5.91 Å². The van der Waals surface area contributed by atoms with E-state index in [1.54, 1.807) is 30.0 Å². The zero-order valence-corrected chi connectivity index (χ0v) is 15.4. The molecule has 4 rings (SSSR count). The van der Waals surface area contributed by atoms with Crippen molar-refractivity contribution in [3.8, 4) is 0 Å². The number of halogens is 1. The summed E-state index contributed by atoms with van der Waals surface area (Å²) < 4.78 is 18.4. The van der Waals surface area contributed by atoms with E-state index < -0.39 is 5.41 Å². The van der Waals surface area contributed by atoms with Crippen LogP contribution in [0.2, 0.25) is 0 Å². The second-order valence-electron chi connectivity index (χ2n) is 7.60. The van der Waals surface area contributed by atoms with E-state index in [9.17, 15) is 14.0 Å². The molecule has 2 aliphatic rings. The molecule has 27 heavy (non-hydrogen) atoms. The molecule has 0 radical (unpaired) electrons. The predicted molar refractivity (Wildman–Crippen MR) is 97.4 cm³/mol. The molecule has 0 saturated carbocycles. The van der Waals surface area contributed by atoms with Crippen LogP contribution in [0.25, 0.3) is 0 Å². The number of piperidine rings is 1. The number of carbonyl (C=O) groups excluding carboxylic acids is 2. The van der Waals surface area contributed by atoms with Crippen LogP contribution in [0.15, 0.2) is 41.0 Å². The maximum absolute atomic E-state index is 13.2. The van der Waals surface area contributed by atoms with Gasteiger partial charge in [0.2, 0.25) is 5.91 Å². The number of benzene rings is 1. The van der Waals surface area contributed by atoms with Crippen LogP contribution in [0.4, 0.5) is 4.39 Å². The van der Waals surface area contributed by atoms with Gasteiger partial charge in [-0.05, 0) is 49.9 Å². The van der Waals surface area contributed by atoms with E-state index in [1.807, 2.05) is 4.90 Å². The highest BCUT2D eigenvalue weighted by atomic mass is 19.1. The average molecular weight is 370 g/mol. The zero-order valence-electron chi connectivity index (χ0n) is 15.4. The van der Waals surface area contributed by atoms with Crippen molar-refractivity contribution >= 4 is 11.8 Å². The number of likely N-dealkylation sites (tertiary alicyclic amines) is 2. The summed E-state index contributed by atoms with van der Waals surface area (Å²) in [6, 6.07) is 7.96. The lowest BCUT2D eigenvalue weighted by atomic mass is 9.78. The van der Waals surface area contributed by atoms with E-state index in [4.69, 9.17) is 4.42 Å². The molecule has 5 nitrogen and oxygen atoms in total. The van der Waals surface area contributed by atoms with Crippen molar-refractivity contribution < 1.29 is 18.4 Å². The molecule has 2 aliphatic heterocycles. The van der Waals surface area contributed by atoms with E-state index >= 15 is 0 Å². The molecule has 1 atom stereocenters. The molecule has 2 saturated heterocycles. The molecule has 0 aliphatic carbocycles. The monoisotopic (exact) mass is 370 g/mol. The predicted octanol–water partition coefficient (Wildman–Crippen LogP) is 3.38. The molecule has 3 heterocycles. The van der Waals surface area contributed by atoms with Gasteiger partial charge in [-0.15, -0.1) is 0 Å². The first-order valence-electron chi connectivity index (χ1n) is 9.36. The molecule has 0 bridgehead atoms. The van der Waals surface area contributed by atoms with Gasteiger partial charge in [0.05, 0.1) is 17.2 Å². The summed E-state index contributed by atoms with van der Waals surface area (Å²) in [6.45, 7) is 3.99. The third-order valence-electron chi connectivity index (χ3n) is 5.84. The average Bonchev–Trinajstić information content (AvgIpc) is 3.28. The molecule has 142 valence electrons. The normalized spacial score (nSPS) is 22.7. The lowest BCUT2D eigenvalue weighted by molar-refractivity contribution is -0.146. The Kier molecular flexibility index (Phi) is 4.50. The van der Waals surface area contributed by atoms with Crippen molar-refractivity contribution in [2.45, 2.75) is 32.7 Å². The number of hydrogen-bond acceptors (Lipinski definition) is 3. The first kappa shape index (κ1) is 17.8. The summed E-state index contributed by atoms with van der Waals surface area (Å²) in [6.07, 6.45) is 3.93. The Labute approximate surface area is 157 Å². The van der Waals surface area contributed by atoms with Crippen LogP contribution in [0.1, 0.15) is 40.9 Å². The summed E-state index contributed by atoms with van der Waals surface area (Å²) in [5.74, 6) is 0.368. The molecule has 2 fully saturated rings. The lowest BCUT2D eigenvalue weighted by Gasteiger charge is -2.39. The summed E-state index contributed by atoms with van der Waals surface area (Å²) in [5.41, 5.74) is 0.992. The number of carbonyl (C=O) groups is 2. The van der Waals surface area contributed by atoms with Crippen LogP contribution in [0.3, 0.4) is 0 Å². The van der Waals surface area contributed by atoms with Gasteiger partial charge in [0.15, 0.2) is 0 Å². The smallest absolute Gasteiger partial charge is 0.257 e. The van der Waals surface area contributed by atoms with Crippen molar-refractivity contribution in [2.24, 2.45) is 5.41 Å². The minimum Gasteiger partial charge on any atom is -0.469 e. The highest BCUT2D eigenvalue weighted by Crippen LogP contribution is 2.41. The summed E-state index contributed by atoms with van der Waals surface area (Å²) in [5, 5.41) is 0. The summed E-state index contributed by atoms with van der Waals surface area (Å²) >= 11 is 0. The molecular weight excluding hydrogens is 347 g/mol. The molecule has 0 unspecified atom stereocenters. The second kappa shape index (κ2) is 6.83. The van der Waals surface area contributed by atoms with Crippen molar-refractivity contribution in [3.05, 3.63) is 59.3 Å². The van der Waals surface area contributed by atoms with Crippen LogP contribution >= 0.6 is 0 Å². The van der Waals surface area contributed by atoms with Crippen LogP contribution in [0, 0.1) is 18.2 Å². The number of nitrogens with zero attached hydrogens (tertiary/aromatic N) is 2. The Bertz CT molecular complexity index is 861. The van der Waals surface area contributed by atoms with E-state index in [0.29, 0.717) is 43.9 Å². The van der Waals surface area contributed by atoms with Crippen molar-refractivity contribution in [1.82, 2.24) is 9.80 Å². The molecule has 6 heteroatoms. The van der Waals surface area contributed by atoms with E-state index in [1.165, 1.54) is 18.4 Å². The minimum atomic E-state index is -0.494. The van der Waals surface area contributed by atoms with E-state index in [0.717, 1.165) is 18.4 Å². The van der Waals surface area contributed by atoms with Crippen LogP contribution in [0.5, 0.6) is 0 Å². The maximum Gasteiger partial charge on any atom is 0.257 e. The van der Waals surface area contributed by atoms with Crippen molar-refractivity contribution in [1.29, 1.82) is 0 Å². The molecule has 2 amide bonds. The van der Waals surface area contributed by atoms with Gasteiger partial charge in [-0.3, -0.25) is 9.59 Å². The Morgan fingerprint density at radius 2 is 1.96 bits per heavy atom. The Morgan fingerprint density at radius 1 is 1.19 bits per heavy atom. The second-order valence-corrected chi connectivity index (χ2v) is 7.60. The van der Waals surface area contributed by atoms with Crippen LogP contribution in [-0.2, 0) is 11.3 Å². The first-order chi connectivity index (χ1) is 13.0. The van der Waals surface area contributed by atoms with Gasteiger partial charge in [0, 0.05) is 26.2 Å². The minimum absolute atomic E-state index is 0.0680. The van der Waals surface area contributed by atoms with Gasteiger partial charge < -0.3 is 14.2 Å². The molecule has 1 aromatic heterocycles. The molecule has 0 N–H and O–H groups in total. The van der Waals surface area contributed by atoms with Gasteiger partial charge >= 0.3 is 0 Å². The van der Waals surface area contributed by atoms with Gasteiger partial charge in [-0.25, -0.2) is 4.39 Å². The quantitative estimate of drug-likeness (QED) is 0.832. The SMILES string of the molecule is Cc1occc1C(=O)N1CC[C@]2(CCCN(Cc3ccc(F)cc3)C2=O)C1. The third-order valence-corrected chi connectivity index (χ3v) is 5.84. The number of furan rings is 1. The Hall–Kier alpha value is -2.63. The maximum atomic E-state index is 13.2. The standard InChI is InChI=1S/C21H23FN2O3/c1-15-18(7-12-27-15)19(25)24-11-9-21(14-24)8-2-10-23(20(21)26)13-16-3-5-17(22)6-4-16/h3-7,12H,2,8-11,13-14H2,1H3/t21-/m1/s1. The zero-order chi connectivity index (χ0) is 19.0. The molecule has 1 aromatic carbocycles. The number of hydrogen-bond donors (Lipinski definition) is 0. The number of amides is 2. The van der Waals surface area contributed by atoms with E-state index in [-0.39, 0.29) is 17.6 Å². The van der Waals surface area contributed by atoms with Crippen LogP contribution < -0.4 is 0 Å². The molecule has 1 spiro atoms. The Balaban J connectivity index is 1.48. The highest BCUT2D eigenvalue weighted by molar-refractivity contribution is 5.96. The lowest BCUT2D eigenvalue weighted by Crippen LogP contribution is -2.50. The van der Waals surface area contributed by atoms with Gasteiger partial charge in [-0.2, -0.15) is 0 Å². The summed E-state index contributed by atoms with van der Waals surface area (Å²) in [4.78, 5) is 29.6. The summed E-state index contributed by atoms with van der Waals surface area (Å²) in [7, 11) is 0. The van der Waals surface area contributed by atoms with Crippen molar-refractivity contribution in [3.63, 3.8) is 0 Å². The fourth-order valence-corrected chi connectivity index (χ4v) is 4.31. The number of aryl methyl sites for hydroxylation is 1. The third kappa shape index (κ3) is 3.24. The molecular formula is C21H23FN2O3. The number of rotatable bonds is 3. The van der Waals surface area contributed by atoms with Gasteiger partial charge in [0.1, 0.15) is 11.6 Å².